The number of nitrogens with one attached hydrogen (secondary N) is 1. The van der Waals surface area contributed by atoms with Gasteiger partial charge < -0.3 is 10.2 Å². The molecule has 0 heterocycles. The summed E-state index contributed by atoms with van der Waals surface area (Å²) in [6, 6.07) is 14.9. The van der Waals surface area contributed by atoms with Gasteiger partial charge in [0, 0.05) is 30.4 Å². The van der Waals surface area contributed by atoms with Gasteiger partial charge in [-0.2, -0.15) is 0 Å². The first-order chi connectivity index (χ1) is 9.97. The maximum Gasteiger partial charge on any atom is 0.251 e. The Kier molecular flexibility index (Phi) is 4.86. The van der Waals surface area contributed by atoms with Crippen LogP contribution in [0.2, 0.25) is 5.02 Å². The fourth-order valence-electron chi connectivity index (χ4n) is 2.05. The molecule has 2 aromatic rings. The van der Waals surface area contributed by atoms with Crippen LogP contribution < -0.4 is 10.2 Å². The lowest BCUT2D eigenvalue weighted by atomic mass is 10.1. The summed E-state index contributed by atoms with van der Waals surface area (Å²) in [6.07, 6.45) is 0. The minimum absolute atomic E-state index is 0.0900. The third-order valence-electron chi connectivity index (χ3n) is 3.34. The van der Waals surface area contributed by atoms with Gasteiger partial charge in [-0.3, -0.25) is 4.79 Å². The van der Waals surface area contributed by atoms with Crippen molar-refractivity contribution in [1.29, 1.82) is 0 Å². The second kappa shape index (κ2) is 6.64. The summed E-state index contributed by atoms with van der Waals surface area (Å²) in [6.45, 7) is 1.94. The molecule has 1 atom stereocenters. The number of halogens is 1. The van der Waals surface area contributed by atoms with Gasteiger partial charge in [0.1, 0.15) is 0 Å². The molecule has 1 N–H and O–H groups in total. The van der Waals surface area contributed by atoms with Crippen molar-refractivity contribution in [1.82, 2.24) is 5.32 Å². The zero-order valence-electron chi connectivity index (χ0n) is 12.4. The Bertz CT molecular complexity index is 623. The summed E-state index contributed by atoms with van der Waals surface area (Å²) >= 11 is 5.97. The first kappa shape index (κ1) is 15.4. The molecule has 0 aromatic heterocycles. The second-order valence-corrected chi connectivity index (χ2v) is 5.63. The third-order valence-corrected chi connectivity index (χ3v) is 3.58. The van der Waals surface area contributed by atoms with E-state index in [1.807, 2.05) is 74.4 Å². The van der Waals surface area contributed by atoms with Crippen LogP contribution in [0.5, 0.6) is 0 Å². The standard InChI is InChI=1S/C17H19ClN2O/c1-12(14-5-4-6-15(18)11-14)19-17(21)13-7-9-16(10-8-13)20(2)3/h4-12H,1-3H3,(H,19,21)/t12-/m1/s1. The number of amides is 1. The van der Waals surface area contributed by atoms with Crippen molar-refractivity contribution in [3.05, 3.63) is 64.7 Å². The van der Waals surface area contributed by atoms with E-state index in [9.17, 15) is 4.79 Å². The summed E-state index contributed by atoms with van der Waals surface area (Å²) in [5.74, 6) is -0.0900. The van der Waals surface area contributed by atoms with E-state index in [-0.39, 0.29) is 11.9 Å². The number of hydrogen-bond acceptors (Lipinski definition) is 2. The van der Waals surface area contributed by atoms with Gasteiger partial charge in [0.2, 0.25) is 0 Å². The second-order valence-electron chi connectivity index (χ2n) is 5.19. The fourth-order valence-corrected chi connectivity index (χ4v) is 2.25. The molecule has 0 fully saturated rings. The average molecular weight is 303 g/mol. The predicted octanol–water partition coefficient (Wildman–Crippen LogP) is 3.90. The Morgan fingerprint density at radius 2 is 1.81 bits per heavy atom. The molecular formula is C17H19ClN2O. The van der Waals surface area contributed by atoms with Gasteiger partial charge in [-0.15, -0.1) is 0 Å². The molecule has 0 saturated heterocycles. The predicted molar refractivity (Wildman–Crippen MR) is 88.1 cm³/mol. The molecule has 4 heteroatoms. The van der Waals surface area contributed by atoms with Gasteiger partial charge in [-0.25, -0.2) is 0 Å². The van der Waals surface area contributed by atoms with E-state index in [1.54, 1.807) is 0 Å². The fraction of sp³-hybridized carbons (Fsp3) is 0.235. The summed E-state index contributed by atoms with van der Waals surface area (Å²) < 4.78 is 0. The summed E-state index contributed by atoms with van der Waals surface area (Å²) in [7, 11) is 3.94. The highest BCUT2D eigenvalue weighted by atomic mass is 35.5. The number of nitrogens with zero attached hydrogens (tertiary/aromatic N) is 1. The zero-order chi connectivity index (χ0) is 15.4. The Morgan fingerprint density at radius 3 is 2.38 bits per heavy atom. The Balaban J connectivity index is 2.07. The molecule has 21 heavy (non-hydrogen) atoms. The molecule has 0 aliphatic heterocycles. The number of rotatable bonds is 4. The molecule has 0 unspecified atom stereocenters. The molecular weight excluding hydrogens is 284 g/mol. The minimum Gasteiger partial charge on any atom is -0.378 e. The van der Waals surface area contributed by atoms with Crippen molar-refractivity contribution in [2.45, 2.75) is 13.0 Å². The number of hydrogen-bond donors (Lipinski definition) is 1. The van der Waals surface area contributed by atoms with Crippen LogP contribution in [0.1, 0.15) is 28.9 Å². The molecule has 0 bridgehead atoms. The maximum atomic E-state index is 12.2. The largest absolute Gasteiger partial charge is 0.378 e. The minimum atomic E-state index is -0.0928. The first-order valence-corrected chi connectivity index (χ1v) is 7.19. The monoisotopic (exact) mass is 302 g/mol. The van der Waals surface area contributed by atoms with Crippen molar-refractivity contribution < 1.29 is 4.79 Å². The summed E-state index contributed by atoms with van der Waals surface area (Å²) in [5.41, 5.74) is 2.70. The Hall–Kier alpha value is -2.00. The lowest BCUT2D eigenvalue weighted by molar-refractivity contribution is 0.0940. The summed E-state index contributed by atoms with van der Waals surface area (Å²) in [4.78, 5) is 14.2. The van der Waals surface area contributed by atoms with Crippen LogP contribution in [-0.2, 0) is 0 Å². The van der Waals surface area contributed by atoms with Crippen LogP contribution in [0.3, 0.4) is 0 Å². The van der Waals surface area contributed by atoms with Gasteiger partial charge >= 0.3 is 0 Å². The molecule has 0 radical (unpaired) electrons. The lowest BCUT2D eigenvalue weighted by Crippen LogP contribution is -2.26. The van der Waals surface area contributed by atoms with E-state index in [1.165, 1.54) is 0 Å². The van der Waals surface area contributed by atoms with Crippen LogP contribution >= 0.6 is 11.6 Å². The first-order valence-electron chi connectivity index (χ1n) is 6.81. The van der Waals surface area contributed by atoms with Crippen LogP contribution in [-0.4, -0.2) is 20.0 Å². The van der Waals surface area contributed by atoms with Crippen LogP contribution in [0.15, 0.2) is 48.5 Å². The van der Waals surface area contributed by atoms with E-state index in [4.69, 9.17) is 11.6 Å². The quantitative estimate of drug-likeness (QED) is 0.929. The lowest BCUT2D eigenvalue weighted by Gasteiger charge is -2.16. The number of carbonyl (C=O) groups excluding carboxylic acids is 1. The molecule has 0 aliphatic carbocycles. The normalized spacial score (nSPS) is 11.8. The van der Waals surface area contributed by atoms with Crippen LogP contribution in [0.25, 0.3) is 0 Å². The van der Waals surface area contributed by atoms with Gasteiger partial charge in [0.05, 0.1) is 6.04 Å². The van der Waals surface area contributed by atoms with E-state index in [2.05, 4.69) is 5.32 Å². The molecule has 0 spiro atoms. The average Bonchev–Trinajstić information content (AvgIpc) is 2.47. The van der Waals surface area contributed by atoms with Crippen molar-refractivity contribution in [3.63, 3.8) is 0 Å². The van der Waals surface area contributed by atoms with Gasteiger partial charge in [-0.05, 0) is 48.9 Å². The highest BCUT2D eigenvalue weighted by molar-refractivity contribution is 6.30. The van der Waals surface area contributed by atoms with Crippen LogP contribution in [0, 0.1) is 0 Å². The van der Waals surface area contributed by atoms with E-state index >= 15 is 0 Å². The van der Waals surface area contributed by atoms with Crippen molar-refractivity contribution in [3.8, 4) is 0 Å². The van der Waals surface area contributed by atoms with Crippen LogP contribution in [0.4, 0.5) is 5.69 Å². The van der Waals surface area contributed by atoms with E-state index in [0.717, 1.165) is 11.3 Å². The molecule has 0 aliphatic rings. The molecule has 110 valence electrons. The zero-order valence-corrected chi connectivity index (χ0v) is 13.2. The van der Waals surface area contributed by atoms with Gasteiger partial charge in [-0.1, -0.05) is 23.7 Å². The highest BCUT2D eigenvalue weighted by Gasteiger charge is 2.11. The van der Waals surface area contributed by atoms with E-state index in [0.29, 0.717) is 10.6 Å². The SMILES string of the molecule is C[C@@H](NC(=O)c1ccc(N(C)C)cc1)c1cccc(Cl)c1. The number of benzene rings is 2. The van der Waals surface area contributed by atoms with Crippen molar-refractivity contribution in [2.24, 2.45) is 0 Å². The molecule has 2 rings (SSSR count). The molecule has 3 nitrogen and oxygen atoms in total. The Morgan fingerprint density at radius 1 is 1.14 bits per heavy atom. The maximum absolute atomic E-state index is 12.2. The third kappa shape index (κ3) is 3.99. The molecule has 1 amide bonds. The summed E-state index contributed by atoms with van der Waals surface area (Å²) in [5, 5.41) is 3.65. The molecule has 0 saturated carbocycles. The smallest absolute Gasteiger partial charge is 0.251 e. The Labute approximate surface area is 130 Å². The molecule has 2 aromatic carbocycles. The number of carbonyl (C=O) groups is 1. The topological polar surface area (TPSA) is 32.3 Å². The highest BCUT2D eigenvalue weighted by Crippen LogP contribution is 2.18. The van der Waals surface area contributed by atoms with Gasteiger partial charge in [0.25, 0.3) is 5.91 Å². The van der Waals surface area contributed by atoms with Gasteiger partial charge in [0.15, 0.2) is 0 Å². The van der Waals surface area contributed by atoms with E-state index < -0.39 is 0 Å². The number of anilines is 1. The van der Waals surface area contributed by atoms with Crippen molar-refractivity contribution >= 4 is 23.2 Å². The van der Waals surface area contributed by atoms with Crippen molar-refractivity contribution in [2.75, 3.05) is 19.0 Å².